The SMILES string of the molecule is CCOC(=O)C1=C(C)N=c2s/c(=C\c3ccc(OCc4cccc(C(=O)O)c4)c(OC)c3)c(=O)n2[C@@H]1c1ccc(OC)c(Br)c1. The summed E-state index contributed by atoms with van der Waals surface area (Å²) in [6.45, 7) is 3.77. The van der Waals surface area contributed by atoms with Crippen LogP contribution in [0, 0.1) is 0 Å². The van der Waals surface area contributed by atoms with Gasteiger partial charge in [-0.1, -0.05) is 35.6 Å². The van der Waals surface area contributed by atoms with E-state index in [9.17, 15) is 19.5 Å². The highest BCUT2D eigenvalue weighted by Gasteiger charge is 2.33. The molecule has 0 saturated heterocycles. The normalized spacial score (nSPS) is 14.4. The molecule has 0 unspecified atom stereocenters. The fourth-order valence-electron chi connectivity index (χ4n) is 4.96. The van der Waals surface area contributed by atoms with Gasteiger partial charge in [-0.2, -0.15) is 0 Å². The highest BCUT2D eigenvalue weighted by Crippen LogP contribution is 2.35. The van der Waals surface area contributed by atoms with Crippen LogP contribution in [0.5, 0.6) is 17.2 Å². The monoisotopic (exact) mass is 692 g/mol. The molecule has 10 nitrogen and oxygen atoms in total. The van der Waals surface area contributed by atoms with Gasteiger partial charge in [-0.15, -0.1) is 0 Å². The summed E-state index contributed by atoms with van der Waals surface area (Å²) in [6, 6.07) is 16.4. The third-order valence-electron chi connectivity index (χ3n) is 7.06. The van der Waals surface area contributed by atoms with Crippen molar-refractivity contribution in [3.8, 4) is 17.2 Å². The standard InChI is InChI=1S/C33H29BrN2O8S/c1-5-43-32(40)28-18(2)35-33-36(29(28)21-10-12-24(41-3)23(34)16-21)30(37)27(45-33)15-19-9-11-25(26(14-19)42-4)44-17-20-7-6-8-22(13-20)31(38)39/h6-16,29H,5,17H2,1-4H3,(H,38,39)/b27-15-/t29-/m1/s1. The van der Waals surface area contributed by atoms with Gasteiger partial charge in [0.05, 0.1) is 52.7 Å². The summed E-state index contributed by atoms with van der Waals surface area (Å²) in [5.74, 6) is -0.0526. The maximum Gasteiger partial charge on any atom is 0.338 e. The Labute approximate surface area is 270 Å². The van der Waals surface area contributed by atoms with Crippen molar-refractivity contribution in [2.75, 3.05) is 20.8 Å². The van der Waals surface area contributed by atoms with Crippen LogP contribution >= 0.6 is 27.3 Å². The maximum absolute atomic E-state index is 14.0. The second-order valence-corrected chi connectivity index (χ2v) is 11.8. The molecule has 45 heavy (non-hydrogen) atoms. The number of carbonyl (C=O) groups is 2. The van der Waals surface area contributed by atoms with Gasteiger partial charge >= 0.3 is 11.9 Å². The minimum atomic E-state index is -1.01. The summed E-state index contributed by atoms with van der Waals surface area (Å²) in [7, 11) is 3.07. The van der Waals surface area contributed by atoms with Gasteiger partial charge in [-0.3, -0.25) is 9.36 Å². The number of nitrogens with zero attached hydrogens (tertiary/aromatic N) is 2. The molecule has 1 aromatic heterocycles. The number of benzene rings is 3. The molecular formula is C33H29BrN2O8S. The number of ether oxygens (including phenoxy) is 4. The smallest absolute Gasteiger partial charge is 0.338 e. The van der Waals surface area contributed by atoms with Crippen LogP contribution < -0.4 is 29.1 Å². The molecule has 1 atom stereocenters. The van der Waals surface area contributed by atoms with E-state index >= 15 is 0 Å². The van der Waals surface area contributed by atoms with Crippen LogP contribution in [0.1, 0.15) is 46.9 Å². The van der Waals surface area contributed by atoms with Gasteiger partial charge in [0, 0.05) is 0 Å². The Hall–Kier alpha value is -4.68. The van der Waals surface area contributed by atoms with Crippen molar-refractivity contribution in [1.29, 1.82) is 0 Å². The van der Waals surface area contributed by atoms with E-state index in [0.29, 0.717) is 53.4 Å². The number of carbonyl (C=O) groups excluding carboxylic acids is 1. The Morgan fingerprint density at radius 3 is 2.49 bits per heavy atom. The topological polar surface area (TPSA) is 126 Å². The van der Waals surface area contributed by atoms with Gasteiger partial charge in [0.25, 0.3) is 5.56 Å². The highest BCUT2D eigenvalue weighted by atomic mass is 79.9. The number of fused-ring (bicyclic) bond motifs is 1. The van der Waals surface area contributed by atoms with E-state index in [2.05, 4.69) is 20.9 Å². The van der Waals surface area contributed by atoms with Crippen LogP contribution in [0.4, 0.5) is 0 Å². The number of hydrogen-bond donors (Lipinski definition) is 1. The van der Waals surface area contributed by atoms with Crippen molar-refractivity contribution >= 4 is 45.3 Å². The summed E-state index contributed by atoms with van der Waals surface area (Å²) >= 11 is 4.73. The quantitative estimate of drug-likeness (QED) is 0.234. The fourth-order valence-corrected chi connectivity index (χ4v) is 6.56. The van der Waals surface area contributed by atoms with Crippen LogP contribution in [0.15, 0.2) is 86.2 Å². The Morgan fingerprint density at radius 2 is 1.80 bits per heavy atom. The number of methoxy groups -OCH3 is 2. The van der Waals surface area contributed by atoms with Crippen LogP contribution in [0.3, 0.4) is 0 Å². The predicted molar refractivity (Wildman–Crippen MR) is 172 cm³/mol. The molecule has 2 heterocycles. The Kier molecular flexibility index (Phi) is 9.54. The lowest BCUT2D eigenvalue weighted by Crippen LogP contribution is -2.39. The summed E-state index contributed by atoms with van der Waals surface area (Å²) < 4.78 is 24.8. The molecule has 0 saturated carbocycles. The van der Waals surface area contributed by atoms with E-state index in [-0.39, 0.29) is 29.9 Å². The van der Waals surface area contributed by atoms with Gasteiger partial charge in [-0.05, 0) is 88.9 Å². The summed E-state index contributed by atoms with van der Waals surface area (Å²) in [4.78, 5) is 43.5. The summed E-state index contributed by atoms with van der Waals surface area (Å²) in [5.41, 5.74) is 2.67. The van der Waals surface area contributed by atoms with Gasteiger partial charge in [0.2, 0.25) is 0 Å². The number of rotatable bonds is 10. The Bertz CT molecular complexity index is 2010. The molecule has 0 bridgehead atoms. The van der Waals surface area contributed by atoms with E-state index in [1.807, 2.05) is 12.1 Å². The lowest BCUT2D eigenvalue weighted by atomic mass is 9.96. The summed E-state index contributed by atoms with van der Waals surface area (Å²) in [5, 5.41) is 9.25. The second-order valence-electron chi connectivity index (χ2n) is 9.90. The molecule has 0 aliphatic carbocycles. The fraction of sp³-hybridized carbons (Fsp3) is 0.212. The number of aromatic carboxylic acids is 1. The van der Waals surface area contributed by atoms with Crippen molar-refractivity contribution < 1.29 is 33.6 Å². The minimum Gasteiger partial charge on any atom is -0.496 e. The molecule has 0 amide bonds. The first-order valence-corrected chi connectivity index (χ1v) is 15.4. The van der Waals surface area contributed by atoms with Gasteiger partial charge in [0.1, 0.15) is 12.4 Å². The van der Waals surface area contributed by atoms with Crippen LogP contribution in [0.25, 0.3) is 6.08 Å². The van der Waals surface area contributed by atoms with E-state index in [1.165, 1.54) is 29.1 Å². The number of aromatic nitrogens is 1. The molecule has 3 aromatic carbocycles. The van der Waals surface area contributed by atoms with Crippen molar-refractivity contribution in [3.63, 3.8) is 0 Å². The Morgan fingerprint density at radius 1 is 1.04 bits per heavy atom. The van der Waals surface area contributed by atoms with Crippen molar-refractivity contribution in [2.24, 2.45) is 4.99 Å². The molecule has 1 N–H and O–H groups in total. The van der Waals surface area contributed by atoms with Crippen molar-refractivity contribution in [3.05, 3.63) is 118 Å². The number of thiazole rings is 1. The molecule has 232 valence electrons. The average molecular weight is 694 g/mol. The molecule has 5 rings (SSSR count). The first kappa shape index (κ1) is 31.7. The first-order chi connectivity index (χ1) is 21.6. The molecule has 1 aliphatic rings. The molecule has 4 aromatic rings. The third kappa shape index (κ3) is 6.57. The van der Waals surface area contributed by atoms with Crippen molar-refractivity contribution in [1.82, 2.24) is 4.57 Å². The zero-order chi connectivity index (χ0) is 32.2. The number of hydrogen-bond acceptors (Lipinski definition) is 9. The number of halogens is 1. The van der Waals surface area contributed by atoms with E-state index in [0.717, 1.165) is 0 Å². The minimum absolute atomic E-state index is 0.138. The van der Waals surface area contributed by atoms with Crippen LogP contribution in [0.2, 0.25) is 0 Å². The number of carboxylic acids is 1. The molecular weight excluding hydrogens is 664 g/mol. The first-order valence-electron chi connectivity index (χ1n) is 13.8. The number of carboxylic acid groups (broad SMARTS) is 1. The van der Waals surface area contributed by atoms with Crippen molar-refractivity contribution in [2.45, 2.75) is 26.5 Å². The van der Waals surface area contributed by atoms with Gasteiger partial charge in [0.15, 0.2) is 16.3 Å². The second kappa shape index (κ2) is 13.5. The van der Waals surface area contributed by atoms with E-state index < -0.39 is 18.0 Å². The summed E-state index contributed by atoms with van der Waals surface area (Å²) in [6.07, 6.45) is 1.73. The molecule has 12 heteroatoms. The zero-order valence-corrected chi connectivity index (χ0v) is 27.2. The average Bonchev–Trinajstić information content (AvgIpc) is 3.33. The lowest BCUT2D eigenvalue weighted by molar-refractivity contribution is -0.139. The zero-order valence-electron chi connectivity index (χ0n) is 24.8. The highest BCUT2D eigenvalue weighted by molar-refractivity contribution is 9.10. The molecule has 0 spiro atoms. The molecule has 0 fully saturated rings. The van der Waals surface area contributed by atoms with E-state index in [4.69, 9.17) is 18.9 Å². The number of esters is 1. The van der Waals surface area contributed by atoms with Gasteiger partial charge < -0.3 is 24.1 Å². The largest absolute Gasteiger partial charge is 0.496 e. The predicted octanol–water partition coefficient (Wildman–Crippen LogP) is 4.86. The third-order valence-corrected chi connectivity index (χ3v) is 8.66. The molecule has 0 radical (unpaired) electrons. The Balaban J connectivity index is 1.53. The lowest BCUT2D eigenvalue weighted by Gasteiger charge is -2.25. The van der Waals surface area contributed by atoms with Gasteiger partial charge in [-0.25, -0.2) is 14.6 Å². The van der Waals surface area contributed by atoms with Crippen LogP contribution in [-0.2, 0) is 16.1 Å². The van der Waals surface area contributed by atoms with E-state index in [1.54, 1.807) is 69.5 Å². The van der Waals surface area contributed by atoms with Crippen LogP contribution in [-0.4, -0.2) is 42.4 Å². The molecule has 1 aliphatic heterocycles. The number of allylic oxidation sites excluding steroid dienone is 1. The maximum atomic E-state index is 14.0.